The molecule has 0 radical (unpaired) electrons. The van der Waals surface area contributed by atoms with Crippen LogP contribution in [-0.4, -0.2) is 38.7 Å². The summed E-state index contributed by atoms with van der Waals surface area (Å²) in [6, 6.07) is 11.1. The number of aromatic nitrogens is 4. The molecule has 1 fully saturated rings. The summed E-state index contributed by atoms with van der Waals surface area (Å²) in [6.45, 7) is 6.99. The summed E-state index contributed by atoms with van der Waals surface area (Å²) in [4.78, 5) is 14.9. The first-order chi connectivity index (χ1) is 12.2. The maximum Gasteiger partial charge on any atom is 0.132 e. The maximum atomic E-state index is 4.36. The minimum atomic E-state index is 0.508. The van der Waals surface area contributed by atoms with E-state index in [4.69, 9.17) is 0 Å². The first kappa shape index (κ1) is 15.8. The minimum absolute atomic E-state index is 0.508. The van der Waals surface area contributed by atoms with Gasteiger partial charge in [0.05, 0.1) is 12.0 Å². The zero-order valence-electron chi connectivity index (χ0n) is 14.6. The van der Waals surface area contributed by atoms with Crippen LogP contribution in [0.4, 0.5) is 5.82 Å². The van der Waals surface area contributed by atoms with Crippen molar-refractivity contribution in [1.82, 2.24) is 24.8 Å². The topological polar surface area (TPSA) is 58.9 Å². The van der Waals surface area contributed by atoms with E-state index in [9.17, 15) is 0 Å². The van der Waals surface area contributed by atoms with Crippen LogP contribution in [-0.2, 0) is 6.54 Å². The molecule has 0 unspecified atom stereocenters. The van der Waals surface area contributed by atoms with Crippen LogP contribution in [0.15, 0.2) is 49.2 Å². The van der Waals surface area contributed by atoms with E-state index in [1.165, 1.54) is 11.3 Å². The Morgan fingerprint density at radius 3 is 2.52 bits per heavy atom. The second kappa shape index (κ2) is 6.64. The third-order valence-corrected chi connectivity index (χ3v) is 4.83. The van der Waals surface area contributed by atoms with Crippen molar-refractivity contribution >= 4 is 5.82 Å². The van der Waals surface area contributed by atoms with Gasteiger partial charge in [-0.2, -0.15) is 0 Å². The largest absolute Gasteiger partial charge is 0.353 e. The minimum Gasteiger partial charge on any atom is -0.353 e. The van der Waals surface area contributed by atoms with Gasteiger partial charge in [0.1, 0.15) is 12.1 Å². The van der Waals surface area contributed by atoms with Crippen molar-refractivity contribution in [2.75, 3.05) is 18.0 Å². The lowest BCUT2D eigenvalue weighted by atomic mass is 10.1. The third kappa shape index (κ3) is 3.25. The SMILES string of the molecule is Cc1ncn(-c2ccc(CNC3CN(c4ccncn4)C3)cc2)c1C. The van der Waals surface area contributed by atoms with Crippen molar-refractivity contribution in [3.8, 4) is 5.69 Å². The van der Waals surface area contributed by atoms with E-state index in [2.05, 4.69) is 60.9 Å². The van der Waals surface area contributed by atoms with Crippen molar-refractivity contribution in [3.05, 3.63) is 66.1 Å². The summed E-state index contributed by atoms with van der Waals surface area (Å²) in [6.07, 6.45) is 5.27. The smallest absolute Gasteiger partial charge is 0.132 e. The van der Waals surface area contributed by atoms with Gasteiger partial charge >= 0.3 is 0 Å². The number of nitrogens with one attached hydrogen (secondary N) is 1. The predicted octanol–water partition coefficient (Wildman–Crippen LogP) is 2.26. The number of imidazole rings is 1. The molecule has 0 saturated carbocycles. The van der Waals surface area contributed by atoms with Gasteiger partial charge < -0.3 is 14.8 Å². The molecule has 128 valence electrons. The van der Waals surface area contributed by atoms with Crippen molar-refractivity contribution in [1.29, 1.82) is 0 Å². The van der Waals surface area contributed by atoms with E-state index >= 15 is 0 Å². The van der Waals surface area contributed by atoms with Gasteiger partial charge in [-0.1, -0.05) is 12.1 Å². The molecule has 1 aliphatic rings. The monoisotopic (exact) mass is 334 g/mol. The van der Waals surface area contributed by atoms with Crippen LogP contribution in [0.5, 0.6) is 0 Å². The van der Waals surface area contributed by atoms with E-state index in [1.54, 1.807) is 12.5 Å². The summed E-state index contributed by atoms with van der Waals surface area (Å²) >= 11 is 0. The molecule has 1 aromatic carbocycles. The second-order valence-corrected chi connectivity index (χ2v) is 6.50. The molecule has 4 rings (SSSR count). The standard InChI is InChI=1S/C19H22N6/c1-14-15(2)25(13-23-14)18-5-3-16(4-6-18)9-21-17-10-24(11-17)19-7-8-20-12-22-19/h3-8,12-13,17,21H,9-11H2,1-2H3. The number of nitrogens with zero attached hydrogens (tertiary/aromatic N) is 5. The predicted molar refractivity (Wildman–Crippen MR) is 97.9 cm³/mol. The Bertz CT molecular complexity index is 834. The molecule has 0 spiro atoms. The Morgan fingerprint density at radius 2 is 1.88 bits per heavy atom. The number of anilines is 1. The van der Waals surface area contributed by atoms with Gasteiger partial charge in [0.25, 0.3) is 0 Å². The van der Waals surface area contributed by atoms with Gasteiger partial charge in [0, 0.05) is 43.3 Å². The molecule has 25 heavy (non-hydrogen) atoms. The van der Waals surface area contributed by atoms with E-state index < -0.39 is 0 Å². The lowest BCUT2D eigenvalue weighted by Crippen LogP contribution is -2.58. The quantitative estimate of drug-likeness (QED) is 0.775. The molecule has 6 heteroatoms. The summed E-state index contributed by atoms with van der Waals surface area (Å²) in [5, 5.41) is 3.61. The maximum absolute atomic E-state index is 4.36. The molecule has 3 aromatic rings. The van der Waals surface area contributed by atoms with Gasteiger partial charge in [-0.05, 0) is 37.6 Å². The Morgan fingerprint density at radius 1 is 1.08 bits per heavy atom. The Balaban J connectivity index is 1.30. The van der Waals surface area contributed by atoms with Gasteiger partial charge in [-0.3, -0.25) is 0 Å². The Hall–Kier alpha value is -2.73. The number of benzene rings is 1. The lowest BCUT2D eigenvalue weighted by molar-refractivity contribution is 0.416. The Kier molecular flexibility index (Phi) is 4.19. The van der Waals surface area contributed by atoms with E-state index in [0.717, 1.165) is 36.8 Å². The fraction of sp³-hybridized carbons (Fsp3) is 0.316. The fourth-order valence-corrected chi connectivity index (χ4v) is 3.06. The van der Waals surface area contributed by atoms with Crippen molar-refractivity contribution in [2.45, 2.75) is 26.4 Å². The lowest BCUT2D eigenvalue weighted by Gasteiger charge is -2.40. The number of aryl methyl sites for hydroxylation is 1. The highest BCUT2D eigenvalue weighted by Gasteiger charge is 2.26. The van der Waals surface area contributed by atoms with Crippen LogP contribution in [0.2, 0.25) is 0 Å². The molecule has 1 saturated heterocycles. The summed E-state index contributed by atoms with van der Waals surface area (Å²) < 4.78 is 2.12. The molecule has 0 aliphatic carbocycles. The zero-order chi connectivity index (χ0) is 17.2. The van der Waals surface area contributed by atoms with Gasteiger partial charge in [-0.25, -0.2) is 15.0 Å². The molecular formula is C19H22N6. The van der Waals surface area contributed by atoms with Crippen LogP contribution in [0, 0.1) is 13.8 Å². The number of hydrogen-bond donors (Lipinski definition) is 1. The van der Waals surface area contributed by atoms with E-state index in [-0.39, 0.29) is 0 Å². The molecular weight excluding hydrogens is 312 g/mol. The molecule has 1 aliphatic heterocycles. The van der Waals surface area contributed by atoms with Crippen molar-refractivity contribution in [2.24, 2.45) is 0 Å². The van der Waals surface area contributed by atoms with Crippen molar-refractivity contribution < 1.29 is 0 Å². The van der Waals surface area contributed by atoms with Crippen LogP contribution in [0.1, 0.15) is 17.0 Å². The van der Waals surface area contributed by atoms with Crippen LogP contribution < -0.4 is 10.2 Å². The van der Waals surface area contributed by atoms with Gasteiger partial charge in [0.2, 0.25) is 0 Å². The van der Waals surface area contributed by atoms with Gasteiger partial charge in [0.15, 0.2) is 0 Å². The third-order valence-electron chi connectivity index (χ3n) is 4.83. The number of rotatable bonds is 5. The van der Waals surface area contributed by atoms with Crippen LogP contribution >= 0.6 is 0 Å². The summed E-state index contributed by atoms with van der Waals surface area (Å²) in [5.74, 6) is 1.00. The molecule has 2 aromatic heterocycles. The molecule has 1 N–H and O–H groups in total. The molecule has 6 nitrogen and oxygen atoms in total. The fourth-order valence-electron chi connectivity index (χ4n) is 3.06. The molecule has 0 amide bonds. The molecule has 0 atom stereocenters. The van der Waals surface area contributed by atoms with Gasteiger partial charge in [-0.15, -0.1) is 0 Å². The first-order valence-corrected chi connectivity index (χ1v) is 8.55. The first-order valence-electron chi connectivity index (χ1n) is 8.55. The van der Waals surface area contributed by atoms with E-state index in [0.29, 0.717) is 6.04 Å². The van der Waals surface area contributed by atoms with E-state index in [1.807, 2.05) is 19.3 Å². The number of hydrogen-bond acceptors (Lipinski definition) is 5. The average Bonchev–Trinajstić information content (AvgIpc) is 2.94. The zero-order valence-corrected chi connectivity index (χ0v) is 14.6. The molecule has 3 heterocycles. The normalized spacial score (nSPS) is 14.6. The second-order valence-electron chi connectivity index (χ2n) is 6.50. The Labute approximate surface area is 147 Å². The van der Waals surface area contributed by atoms with Crippen molar-refractivity contribution in [3.63, 3.8) is 0 Å². The molecule has 0 bridgehead atoms. The highest BCUT2D eigenvalue weighted by atomic mass is 15.3. The average molecular weight is 334 g/mol. The van der Waals surface area contributed by atoms with Crippen LogP contribution in [0.3, 0.4) is 0 Å². The van der Waals surface area contributed by atoms with Crippen LogP contribution in [0.25, 0.3) is 5.69 Å². The summed E-state index contributed by atoms with van der Waals surface area (Å²) in [7, 11) is 0. The highest BCUT2D eigenvalue weighted by Crippen LogP contribution is 2.18. The summed E-state index contributed by atoms with van der Waals surface area (Å²) in [5.41, 5.74) is 4.70. The highest BCUT2D eigenvalue weighted by molar-refractivity contribution is 5.41.